The highest BCUT2D eigenvalue weighted by Gasteiger charge is 2.70. The van der Waals surface area contributed by atoms with Crippen molar-refractivity contribution in [2.24, 2.45) is 44.8 Å². The quantitative estimate of drug-likeness (QED) is 0.430. The molecule has 6 rings (SSSR count). The Hall–Kier alpha value is -3.01. The van der Waals surface area contributed by atoms with Crippen LogP contribution in [0.5, 0.6) is 0 Å². The molecule has 41 heavy (non-hydrogen) atoms. The second-order valence-corrected chi connectivity index (χ2v) is 15.8. The number of carbonyl (C=O) groups excluding carboxylic acids is 3. The lowest BCUT2D eigenvalue weighted by Crippen LogP contribution is -2.70. The molecule has 1 aromatic rings. The maximum Gasteiger partial charge on any atom is 0.342 e. The second-order valence-electron chi connectivity index (χ2n) is 15.8. The van der Waals surface area contributed by atoms with E-state index in [0.29, 0.717) is 0 Å². The summed E-state index contributed by atoms with van der Waals surface area (Å²) in [5.41, 5.74) is -0.893. The Balaban J connectivity index is 1.48. The predicted octanol–water partition coefficient (Wildman–Crippen LogP) is 6.41. The van der Waals surface area contributed by atoms with Gasteiger partial charge in [-0.3, -0.25) is 9.59 Å². The van der Waals surface area contributed by atoms with Crippen molar-refractivity contribution in [3.63, 3.8) is 0 Å². The maximum absolute atomic E-state index is 14.6. The highest BCUT2D eigenvalue weighted by Crippen LogP contribution is 2.73. The van der Waals surface area contributed by atoms with E-state index in [9.17, 15) is 19.6 Å². The van der Waals surface area contributed by atoms with E-state index in [4.69, 9.17) is 0 Å². The van der Waals surface area contributed by atoms with Gasteiger partial charge < -0.3 is 5.32 Å². The first-order valence-corrected chi connectivity index (χ1v) is 15.3. The molecule has 7 heteroatoms. The molecule has 0 spiro atoms. The van der Waals surface area contributed by atoms with Crippen LogP contribution in [0.3, 0.4) is 0 Å². The first-order valence-electron chi connectivity index (χ1n) is 15.3. The molecule has 0 aliphatic heterocycles. The number of nitrogens with one attached hydrogen (secondary N) is 1. The number of nitrogens with zero attached hydrogens (tertiary/aromatic N) is 3. The van der Waals surface area contributed by atoms with Crippen molar-refractivity contribution in [3.8, 4) is 6.07 Å². The largest absolute Gasteiger partial charge is 0.342 e. The fourth-order valence-electron chi connectivity index (χ4n) is 10.5. The zero-order chi connectivity index (χ0) is 29.8. The molecule has 3 saturated carbocycles. The average molecular weight is 557 g/mol. The minimum atomic E-state index is -0.677. The highest BCUT2D eigenvalue weighted by molar-refractivity contribution is 6.04. The molecule has 0 radical (unpaired) electrons. The smallest absolute Gasteiger partial charge is 0.330 e. The van der Waals surface area contributed by atoms with Crippen LogP contribution >= 0.6 is 0 Å². The summed E-state index contributed by atoms with van der Waals surface area (Å²) in [6.45, 7) is 15.3. The van der Waals surface area contributed by atoms with Crippen LogP contribution in [0.25, 0.3) is 0 Å². The fourth-order valence-corrected chi connectivity index (χ4v) is 10.5. The summed E-state index contributed by atoms with van der Waals surface area (Å²) in [6, 6.07) is 3.70. The number of hydrogen-bond acceptors (Lipinski definition) is 5. The number of hydrogen-bond donors (Lipinski definition) is 1. The Labute approximate surface area is 243 Å². The molecule has 1 aromatic heterocycles. The lowest BCUT2D eigenvalue weighted by atomic mass is 9.35. The Morgan fingerprint density at radius 2 is 1.76 bits per heavy atom. The number of ketones is 2. The van der Waals surface area contributed by atoms with Gasteiger partial charge >= 0.3 is 6.03 Å². The van der Waals surface area contributed by atoms with E-state index < -0.39 is 16.4 Å². The molecule has 7 nitrogen and oxygen atoms in total. The molecule has 7 atom stereocenters. The highest BCUT2D eigenvalue weighted by atomic mass is 16.2. The van der Waals surface area contributed by atoms with E-state index in [1.165, 1.54) is 4.68 Å². The van der Waals surface area contributed by atoms with Crippen LogP contribution in [0.4, 0.5) is 4.79 Å². The van der Waals surface area contributed by atoms with Crippen molar-refractivity contribution in [1.82, 2.24) is 15.1 Å². The van der Waals surface area contributed by atoms with Gasteiger partial charge in [0.2, 0.25) is 0 Å². The van der Waals surface area contributed by atoms with E-state index in [1.54, 1.807) is 18.5 Å². The van der Waals surface area contributed by atoms with Crippen molar-refractivity contribution < 1.29 is 14.4 Å². The predicted molar refractivity (Wildman–Crippen MR) is 155 cm³/mol. The second kappa shape index (κ2) is 8.52. The number of allylic oxidation sites excluding steroid dienone is 4. The van der Waals surface area contributed by atoms with Gasteiger partial charge in [-0.1, -0.05) is 60.1 Å². The lowest BCUT2D eigenvalue weighted by molar-refractivity contribution is -0.160. The van der Waals surface area contributed by atoms with Crippen LogP contribution in [0.2, 0.25) is 0 Å². The van der Waals surface area contributed by atoms with E-state index in [0.717, 1.165) is 50.5 Å². The van der Waals surface area contributed by atoms with Crippen LogP contribution in [0.1, 0.15) is 93.4 Å². The van der Waals surface area contributed by atoms with E-state index in [2.05, 4.69) is 51.1 Å². The van der Waals surface area contributed by atoms with Gasteiger partial charge in [0.05, 0.1) is 5.57 Å². The van der Waals surface area contributed by atoms with Crippen molar-refractivity contribution in [2.75, 3.05) is 0 Å². The first kappa shape index (κ1) is 28.1. The number of Topliss-reactive ketones (excluding diaryl/α,β-unsaturated/α-hetero) is 1. The molecule has 1 N–H and O–H groups in total. The first-order chi connectivity index (χ1) is 19.0. The zero-order valence-electron chi connectivity index (χ0n) is 25.6. The molecule has 1 heterocycles. The molecule has 218 valence electrons. The number of fused-ring (bicyclic) bond motifs is 7. The summed E-state index contributed by atoms with van der Waals surface area (Å²) in [7, 11) is 0. The average Bonchev–Trinajstić information content (AvgIpc) is 3.44. The summed E-state index contributed by atoms with van der Waals surface area (Å²) in [6.07, 6.45) is 13.2. The Kier molecular flexibility index (Phi) is 5.84. The van der Waals surface area contributed by atoms with Crippen LogP contribution in [-0.4, -0.2) is 32.9 Å². The molecule has 5 aliphatic rings. The molecular weight excluding hydrogens is 512 g/mol. The topological polar surface area (TPSA) is 105 Å². The normalized spacial score (nSPS) is 42.3. The summed E-state index contributed by atoms with van der Waals surface area (Å²) in [5, 5.41) is 17.5. The van der Waals surface area contributed by atoms with Gasteiger partial charge in [-0.15, -0.1) is 0 Å². The zero-order valence-corrected chi connectivity index (χ0v) is 25.6. The third-order valence-electron chi connectivity index (χ3n) is 12.9. The van der Waals surface area contributed by atoms with Gasteiger partial charge in [0, 0.05) is 34.7 Å². The van der Waals surface area contributed by atoms with Crippen molar-refractivity contribution in [1.29, 1.82) is 5.26 Å². The van der Waals surface area contributed by atoms with E-state index in [1.807, 2.05) is 26.0 Å². The molecule has 5 aliphatic carbocycles. The van der Waals surface area contributed by atoms with E-state index >= 15 is 0 Å². The Bertz CT molecular complexity index is 1440. The third-order valence-corrected chi connectivity index (χ3v) is 12.9. The number of aromatic nitrogens is 2. The molecule has 0 aromatic carbocycles. The maximum atomic E-state index is 14.6. The Morgan fingerprint density at radius 1 is 1.05 bits per heavy atom. The van der Waals surface area contributed by atoms with Crippen LogP contribution in [0, 0.1) is 56.2 Å². The van der Waals surface area contributed by atoms with Gasteiger partial charge in [0.1, 0.15) is 6.07 Å². The van der Waals surface area contributed by atoms with Crippen LogP contribution in [-0.2, 0) is 9.59 Å². The number of nitriles is 1. The Morgan fingerprint density at radius 3 is 2.41 bits per heavy atom. The summed E-state index contributed by atoms with van der Waals surface area (Å²) >= 11 is 0. The van der Waals surface area contributed by atoms with Crippen molar-refractivity contribution in [2.45, 2.75) is 99.0 Å². The monoisotopic (exact) mass is 556 g/mol. The minimum Gasteiger partial charge on any atom is -0.330 e. The molecule has 1 amide bonds. The van der Waals surface area contributed by atoms with Gasteiger partial charge in [-0.2, -0.15) is 15.0 Å². The van der Waals surface area contributed by atoms with Gasteiger partial charge in [-0.05, 0) is 85.2 Å². The summed E-state index contributed by atoms with van der Waals surface area (Å²) < 4.78 is 1.36. The van der Waals surface area contributed by atoms with E-state index in [-0.39, 0.29) is 57.2 Å². The summed E-state index contributed by atoms with van der Waals surface area (Å²) in [5.74, 6) is -0.134. The van der Waals surface area contributed by atoms with Crippen LogP contribution in [0.15, 0.2) is 41.8 Å². The molecule has 0 saturated heterocycles. The number of rotatable bonds is 1. The number of carbonyl (C=O) groups is 3. The molecule has 7 unspecified atom stereocenters. The van der Waals surface area contributed by atoms with Gasteiger partial charge in [0.25, 0.3) is 0 Å². The summed E-state index contributed by atoms with van der Waals surface area (Å²) in [4.78, 5) is 41.2. The SMILES string of the molecule is CC1(C)CCC2(NC(=O)n3cccn3)CCC3(C)C(C(=O)C=C4C5(C)C=C(C#N)C(=O)C(C)(C)C5CCC43C)C2C1. The van der Waals surface area contributed by atoms with Gasteiger partial charge in [0.15, 0.2) is 11.6 Å². The molecular formula is C34H44N4O3. The molecule has 0 bridgehead atoms. The van der Waals surface area contributed by atoms with Crippen molar-refractivity contribution >= 4 is 17.6 Å². The number of amides is 1. The standard InChI is InChI=1S/C34H44N4O3/c1-29(2)11-13-34(37-28(41)38-16-8-15-36-38)14-12-33(7)26(22(34)19-29)23(39)17-25-31(5)18-21(20-35)27(40)30(3,4)24(31)9-10-32(25,33)6/h8,15-18,22,24,26H,9-14,19H2,1-7H3,(H,37,41). The minimum absolute atomic E-state index is 0.00625. The lowest BCUT2D eigenvalue weighted by Gasteiger charge is -2.69. The van der Waals surface area contributed by atoms with Gasteiger partial charge in [-0.25, -0.2) is 4.79 Å². The van der Waals surface area contributed by atoms with Crippen molar-refractivity contribution in [3.05, 3.63) is 41.8 Å². The fraction of sp³-hybridized carbons (Fsp3) is 0.676. The third kappa shape index (κ3) is 3.61. The molecule has 3 fully saturated rings. The van der Waals surface area contributed by atoms with Crippen LogP contribution < -0.4 is 5.32 Å².